The predicted octanol–water partition coefficient (Wildman–Crippen LogP) is 5.10. The number of allylic oxidation sites excluding steroid dienone is 3. The summed E-state index contributed by atoms with van der Waals surface area (Å²) < 4.78 is 0. The van der Waals surface area contributed by atoms with Gasteiger partial charge in [-0.25, -0.2) is 0 Å². The molecular weight excluding hydrogens is 224 g/mol. The van der Waals surface area contributed by atoms with Gasteiger partial charge in [0.1, 0.15) is 0 Å². The van der Waals surface area contributed by atoms with E-state index in [0.29, 0.717) is 6.42 Å². The van der Waals surface area contributed by atoms with E-state index in [1.165, 1.54) is 51.4 Å². The van der Waals surface area contributed by atoms with E-state index in [2.05, 4.69) is 12.7 Å². The van der Waals surface area contributed by atoms with Crippen molar-refractivity contribution in [2.24, 2.45) is 0 Å². The van der Waals surface area contributed by atoms with Crippen LogP contribution in [-0.4, -0.2) is 11.1 Å². The van der Waals surface area contributed by atoms with Gasteiger partial charge in [-0.1, -0.05) is 69.8 Å². The Morgan fingerprint density at radius 1 is 0.889 bits per heavy atom. The Labute approximate surface area is 112 Å². The van der Waals surface area contributed by atoms with Crippen LogP contribution in [0.4, 0.5) is 0 Å². The van der Waals surface area contributed by atoms with Gasteiger partial charge in [0.15, 0.2) is 0 Å². The van der Waals surface area contributed by atoms with E-state index in [1.807, 2.05) is 12.2 Å². The van der Waals surface area contributed by atoms with Gasteiger partial charge >= 0.3 is 5.97 Å². The van der Waals surface area contributed by atoms with E-state index >= 15 is 0 Å². The first-order valence-corrected chi connectivity index (χ1v) is 7.26. The number of hydrogen-bond acceptors (Lipinski definition) is 1. The maximum Gasteiger partial charge on any atom is 0.303 e. The first kappa shape index (κ1) is 16.9. The SMILES string of the molecule is C=C/C=C\CCCCCCCCCCCC(=O)O. The van der Waals surface area contributed by atoms with Gasteiger partial charge in [0.25, 0.3) is 0 Å². The van der Waals surface area contributed by atoms with Crippen molar-refractivity contribution in [1.29, 1.82) is 0 Å². The van der Waals surface area contributed by atoms with Crippen LogP contribution in [0.1, 0.15) is 70.6 Å². The molecule has 0 aromatic carbocycles. The molecule has 2 heteroatoms. The Bertz CT molecular complexity index is 231. The van der Waals surface area contributed by atoms with E-state index in [1.54, 1.807) is 0 Å². The Morgan fingerprint density at radius 3 is 1.89 bits per heavy atom. The van der Waals surface area contributed by atoms with Crippen molar-refractivity contribution in [2.75, 3.05) is 0 Å². The molecule has 0 heterocycles. The highest BCUT2D eigenvalue weighted by atomic mass is 16.4. The van der Waals surface area contributed by atoms with E-state index in [0.717, 1.165) is 12.8 Å². The molecule has 0 fully saturated rings. The molecule has 0 unspecified atom stereocenters. The van der Waals surface area contributed by atoms with Crippen LogP contribution in [0.3, 0.4) is 0 Å². The Hall–Kier alpha value is -1.05. The summed E-state index contributed by atoms with van der Waals surface area (Å²) in [4.78, 5) is 10.3. The lowest BCUT2D eigenvalue weighted by molar-refractivity contribution is -0.137. The number of aliphatic carboxylic acids is 1. The van der Waals surface area contributed by atoms with E-state index in [9.17, 15) is 4.79 Å². The smallest absolute Gasteiger partial charge is 0.303 e. The lowest BCUT2D eigenvalue weighted by atomic mass is 10.1. The summed E-state index contributed by atoms with van der Waals surface area (Å²) in [6.07, 6.45) is 18.4. The fourth-order valence-corrected chi connectivity index (χ4v) is 1.97. The van der Waals surface area contributed by atoms with Crippen LogP contribution in [0.2, 0.25) is 0 Å². The number of carboxylic acids is 1. The van der Waals surface area contributed by atoms with Gasteiger partial charge in [-0.2, -0.15) is 0 Å². The Kier molecular flexibility index (Phi) is 13.2. The van der Waals surface area contributed by atoms with Crippen molar-refractivity contribution in [3.63, 3.8) is 0 Å². The lowest BCUT2D eigenvalue weighted by Crippen LogP contribution is -1.93. The quantitative estimate of drug-likeness (QED) is 0.365. The summed E-state index contributed by atoms with van der Waals surface area (Å²) in [5.74, 6) is -0.666. The van der Waals surface area contributed by atoms with Crippen molar-refractivity contribution >= 4 is 5.97 Å². The van der Waals surface area contributed by atoms with Crippen LogP contribution in [0.25, 0.3) is 0 Å². The third kappa shape index (κ3) is 14.9. The van der Waals surface area contributed by atoms with Gasteiger partial charge in [-0.15, -0.1) is 0 Å². The summed E-state index contributed by atoms with van der Waals surface area (Å²) >= 11 is 0. The average Bonchev–Trinajstić information content (AvgIpc) is 2.34. The summed E-state index contributed by atoms with van der Waals surface area (Å²) in [6.45, 7) is 3.64. The molecule has 0 aliphatic heterocycles. The van der Waals surface area contributed by atoms with Crippen molar-refractivity contribution in [2.45, 2.75) is 70.6 Å². The molecule has 0 radical (unpaired) electrons. The molecule has 0 saturated carbocycles. The molecule has 0 atom stereocenters. The summed E-state index contributed by atoms with van der Waals surface area (Å²) in [7, 11) is 0. The minimum absolute atomic E-state index is 0.332. The van der Waals surface area contributed by atoms with Gasteiger partial charge in [-0.05, 0) is 19.3 Å². The van der Waals surface area contributed by atoms with E-state index in [-0.39, 0.29) is 0 Å². The average molecular weight is 252 g/mol. The fourth-order valence-electron chi connectivity index (χ4n) is 1.97. The third-order valence-corrected chi connectivity index (χ3v) is 3.03. The van der Waals surface area contributed by atoms with E-state index in [4.69, 9.17) is 5.11 Å². The molecule has 0 aromatic rings. The highest BCUT2D eigenvalue weighted by Crippen LogP contribution is 2.11. The second-order valence-electron chi connectivity index (χ2n) is 4.78. The van der Waals surface area contributed by atoms with Gasteiger partial charge < -0.3 is 5.11 Å². The number of unbranched alkanes of at least 4 members (excludes halogenated alkanes) is 9. The standard InChI is InChI=1S/C16H28O2/c1-2-3-4-5-6-7-8-9-10-11-12-13-14-15-16(17)18/h2-4H,1,5-15H2,(H,17,18)/b4-3-. The van der Waals surface area contributed by atoms with Crippen LogP contribution in [-0.2, 0) is 4.79 Å². The van der Waals surface area contributed by atoms with Crippen LogP contribution in [0.5, 0.6) is 0 Å². The predicted molar refractivity (Wildman–Crippen MR) is 77.8 cm³/mol. The topological polar surface area (TPSA) is 37.3 Å². The zero-order valence-corrected chi connectivity index (χ0v) is 11.6. The Morgan fingerprint density at radius 2 is 1.39 bits per heavy atom. The molecule has 0 spiro atoms. The first-order chi connectivity index (χ1) is 8.77. The van der Waals surface area contributed by atoms with Gasteiger partial charge in [0, 0.05) is 6.42 Å². The largest absolute Gasteiger partial charge is 0.481 e. The van der Waals surface area contributed by atoms with E-state index < -0.39 is 5.97 Å². The first-order valence-electron chi connectivity index (χ1n) is 7.26. The van der Waals surface area contributed by atoms with Crippen LogP contribution in [0, 0.1) is 0 Å². The number of rotatable bonds is 13. The van der Waals surface area contributed by atoms with Crippen molar-refractivity contribution in [3.05, 3.63) is 24.8 Å². The summed E-state index contributed by atoms with van der Waals surface area (Å²) in [5, 5.41) is 8.48. The molecule has 18 heavy (non-hydrogen) atoms. The van der Waals surface area contributed by atoms with Gasteiger partial charge in [0.2, 0.25) is 0 Å². The summed E-state index contributed by atoms with van der Waals surface area (Å²) in [6, 6.07) is 0. The van der Waals surface area contributed by atoms with Crippen molar-refractivity contribution < 1.29 is 9.90 Å². The molecule has 0 rings (SSSR count). The van der Waals surface area contributed by atoms with Crippen molar-refractivity contribution in [1.82, 2.24) is 0 Å². The molecule has 0 aromatic heterocycles. The molecule has 104 valence electrons. The minimum atomic E-state index is -0.666. The van der Waals surface area contributed by atoms with Crippen LogP contribution < -0.4 is 0 Å². The maximum absolute atomic E-state index is 10.3. The normalized spacial score (nSPS) is 10.9. The van der Waals surface area contributed by atoms with Gasteiger partial charge in [-0.3, -0.25) is 4.79 Å². The molecule has 2 nitrogen and oxygen atoms in total. The molecule has 0 aliphatic carbocycles. The minimum Gasteiger partial charge on any atom is -0.481 e. The second-order valence-corrected chi connectivity index (χ2v) is 4.78. The molecule has 0 aliphatic rings. The number of carbonyl (C=O) groups is 1. The zero-order chi connectivity index (χ0) is 13.5. The Balaban J connectivity index is 3.01. The second kappa shape index (κ2) is 14.0. The highest BCUT2D eigenvalue weighted by molar-refractivity contribution is 5.66. The monoisotopic (exact) mass is 252 g/mol. The fraction of sp³-hybridized carbons (Fsp3) is 0.688. The number of hydrogen-bond donors (Lipinski definition) is 1. The van der Waals surface area contributed by atoms with Crippen molar-refractivity contribution in [3.8, 4) is 0 Å². The third-order valence-electron chi connectivity index (χ3n) is 3.03. The molecule has 0 bridgehead atoms. The molecular formula is C16H28O2. The molecule has 0 saturated heterocycles. The zero-order valence-electron chi connectivity index (χ0n) is 11.6. The highest BCUT2D eigenvalue weighted by Gasteiger charge is 1.96. The molecule has 1 N–H and O–H groups in total. The molecule has 0 amide bonds. The van der Waals surface area contributed by atoms with Crippen LogP contribution >= 0.6 is 0 Å². The maximum atomic E-state index is 10.3. The van der Waals surface area contributed by atoms with Gasteiger partial charge in [0.05, 0.1) is 0 Å². The number of carboxylic acid groups (broad SMARTS) is 1. The summed E-state index contributed by atoms with van der Waals surface area (Å²) in [5.41, 5.74) is 0. The van der Waals surface area contributed by atoms with Crippen LogP contribution in [0.15, 0.2) is 24.8 Å². The lowest BCUT2D eigenvalue weighted by Gasteiger charge is -2.01.